The lowest BCUT2D eigenvalue weighted by Gasteiger charge is -2.48. The number of fused-ring (bicyclic) bond motifs is 3. The molecule has 11 atom stereocenters. The van der Waals surface area contributed by atoms with Gasteiger partial charge in [0.05, 0.1) is 38.1 Å². The molecule has 5 aliphatic rings. The summed E-state index contributed by atoms with van der Waals surface area (Å²) in [4.78, 5) is 3.07. The fraction of sp³-hybridized carbons (Fsp3) is 0.480. The van der Waals surface area contributed by atoms with E-state index in [1.54, 1.807) is 0 Å². The highest BCUT2D eigenvalue weighted by Crippen LogP contribution is 2.55. The number of ether oxygens (including phenoxy) is 2. The molecule has 3 aliphatic carbocycles. The molecule has 60 heavy (non-hydrogen) atoms. The summed E-state index contributed by atoms with van der Waals surface area (Å²) in [7, 11) is 1.44. The third-order valence-electron chi connectivity index (χ3n) is 14.9. The number of hydrogen-bond acceptors (Lipinski definition) is 9. The zero-order valence-electron chi connectivity index (χ0n) is 34.4. The Kier molecular flexibility index (Phi) is 11.8. The Morgan fingerprint density at radius 2 is 1.77 bits per heavy atom. The molecule has 9 rings (SSSR count). The zero-order valence-corrected chi connectivity index (χ0v) is 34.4. The predicted molar refractivity (Wildman–Crippen MR) is 229 cm³/mol. The highest BCUT2D eigenvalue weighted by Gasteiger charge is 2.47. The van der Waals surface area contributed by atoms with E-state index in [9.17, 15) is 30.6 Å². The number of rotatable bonds is 11. The van der Waals surface area contributed by atoms with Gasteiger partial charge in [-0.05, 0) is 126 Å². The van der Waals surface area contributed by atoms with Gasteiger partial charge in [0.2, 0.25) is 5.75 Å². The molecule has 318 valence electrons. The molecule has 2 aliphatic heterocycles. The monoisotopic (exact) mass is 816 g/mol. The lowest BCUT2D eigenvalue weighted by Crippen LogP contribution is -2.45. The quantitative estimate of drug-likeness (QED) is 0.0713. The molecule has 1 saturated heterocycles. The number of benzene rings is 3. The largest absolute Gasteiger partial charge is 0.508 e. The van der Waals surface area contributed by atoms with Crippen molar-refractivity contribution in [2.75, 3.05) is 13.7 Å². The normalized spacial score (nSPS) is 30.4. The molecule has 1 aromatic heterocycles. The summed E-state index contributed by atoms with van der Waals surface area (Å²) in [6.07, 6.45) is 15.7. The summed E-state index contributed by atoms with van der Waals surface area (Å²) >= 11 is 0. The summed E-state index contributed by atoms with van der Waals surface area (Å²) in [6, 6.07) is 18.7. The fourth-order valence-corrected chi connectivity index (χ4v) is 11.9. The number of aliphatic hydroxyl groups excluding tert-OH is 3. The van der Waals surface area contributed by atoms with Crippen LogP contribution in [0.1, 0.15) is 108 Å². The fourth-order valence-electron chi connectivity index (χ4n) is 11.9. The highest BCUT2D eigenvalue weighted by atomic mass is 16.5. The first-order valence-electron chi connectivity index (χ1n) is 22.1. The first-order valence-corrected chi connectivity index (χ1v) is 22.1. The molecule has 8 N–H and O–H groups in total. The molecule has 0 unspecified atom stereocenters. The van der Waals surface area contributed by atoms with Crippen molar-refractivity contribution in [2.24, 2.45) is 23.7 Å². The van der Waals surface area contributed by atoms with Gasteiger partial charge in [-0.15, -0.1) is 0 Å². The van der Waals surface area contributed by atoms with E-state index in [0.29, 0.717) is 42.3 Å². The Morgan fingerprint density at radius 3 is 2.55 bits per heavy atom. The van der Waals surface area contributed by atoms with Crippen LogP contribution in [0.2, 0.25) is 0 Å². The summed E-state index contributed by atoms with van der Waals surface area (Å²) in [5.41, 5.74) is 6.77. The van der Waals surface area contributed by atoms with E-state index in [1.807, 2.05) is 48.8 Å². The third-order valence-corrected chi connectivity index (χ3v) is 14.9. The second kappa shape index (κ2) is 17.4. The van der Waals surface area contributed by atoms with Crippen LogP contribution in [0.3, 0.4) is 0 Å². The number of hydrogen-bond donors (Lipinski definition) is 8. The maximum absolute atomic E-state index is 12.0. The van der Waals surface area contributed by atoms with Crippen molar-refractivity contribution in [2.45, 2.75) is 113 Å². The van der Waals surface area contributed by atoms with Crippen molar-refractivity contribution in [1.82, 2.24) is 10.3 Å². The maximum Gasteiger partial charge on any atom is 0.201 e. The highest BCUT2D eigenvalue weighted by molar-refractivity contribution is 5.64. The molecule has 0 bridgehead atoms. The van der Waals surface area contributed by atoms with E-state index in [0.717, 1.165) is 61.8 Å². The van der Waals surface area contributed by atoms with Crippen LogP contribution in [-0.4, -0.2) is 73.6 Å². The number of aromatic amines is 1. The van der Waals surface area contributed by atoms with Crippen molar-refractivity contribution in [3.05, 3.63) is 130 Å². The van der Waals surface area contributed by atoms with Crippen LogP contribution in [0.15, 0.2) is 90.8 Å². The summed E-state index contributed by atoms with van der Waals surface area (Å²) in [5, 5.41) is 72.0. The average molecular weight is 817 g/mol. The molecule has 3 fully saturated rings. The van der Waals surface area contributed by atoms with Crippen LogP contribution in [-0.2, 0) is 24.2 Å². The molecule has 0 amide bonds. The maximum atomic E-state index is 12.0. The third kappa shape index (κ3) is 7.77. The number of allylic oxidation sites excluding steroid dienone is 1. The molecule has 2 saturated carbocycles. The van der Waals surface area contributed by atoms with Gasteiger partial charge in [-0.3, -0.25) is 0 Å². The van der Waals surface area contributed by atoms with Crippen LogP contribution in [0.25, 0.3) is 0 Å². The van der Waals surface area contributed by atoms with Crippen molar-refractivity contribution in [3.8, 4) is 23.0 Å². The Labute approximate surface area is 352 Å². The molecule has 0 radical (unpaired) electrons. The van der Waals surface area contributed by atoms with Gasteiger partial charge in [-0.2, -0.15) is 0 Å². The summed E-state index contributed by atoms with van der Waals surface area (Å²) < 4.78 is 12.6. The topological polar surface area (TPSA) is 168 Å². The Hall–Kier alpha value is -4.58. The average Bonchev–Trinajstić information content (AvgIpc) is 3.79. The molecule has 10 nitrogen and oxygen atoms in total. The summed E-state index contributed by atoms with van der Waals surface area (Å²) in [5.74, 6) is 0.0624. The molecule has 0 spiro atoms. The number of aryl methyl sites for hydroxylation is 1. The number of nitrogens with one attached hydrogen (secondary N) is 2. The molecule has 4 aromatic rings. The van der Waals surface area contributed by atoms with Gasteiger partial charge < -0.3 is 50.4 Å². The minimum absolute atomic E-state index is 0.0155. The lowest BCUT2D eigenvalue weighted by atomic mass is 9.58. The molecule has 10 heteroatoms. The number of aromatic nitrogens is 1. The second-order valence-electron chi connectivity index (χ2n) is 18.1. The Balaban J connectivity index is 1.03. The van der Waals surface area contributed by atoms with Crippen molar-refractivity contribution in [3.63, 3.8) is 0 Å². The van der Waals surface area contributed by atoms with Crippen LogP contribution >= 0.6 is 0 Å². The number of phenols is 3. The van der Waals surface area contributed by atoms with E-state index in [-0.39, 0.29) is 59.2 Å². The van der Waals surface area contributed by atoms with Crippen LogP contribution in [0.5, 0.6) is 23.0 Å². The SMILES string of the molecule is COc1c(O)c(O)c(CO)c([C@@H]2C[C@H](O)[C@H]3CC[C@@H](c4ccc(O)c([C@H]5[C@H]6C=C7C=CCN[C@H]7C[C@@H]6CC[C@@H]5[C@H](O)CCc5ccccc5)c4)C[C@@H]3O2)c1Cc1cc[nH]c1. The first kappa shape index (κ1) is 40.8. The van der Waals surface area contributed by atoms with Crippen LogP contribution in [0, 0.1) is 23.7 Å². The minimum Gasteiger partial charge on any atom is -0.508 e. The van der Waals surface area contributed by atoms with Gasteiger partial charge in [-0.25, -0.2) is 0 Å². The van der Waals surface area contributed by atoms with Crippen molar-refractivity contribution in [1.29, 1.82) is 0 Å². The molecular weight excluding hydrogens is 757 g/mol. The second-order valence-corrected chi connectivity index (χ2v) is 18.1. The van der Waals surface area contributed by atoms with E-state index < -0.39 is 36.4 Å². The van der Waals surface area contributed by atoms with Gasteiger partial charge in [0, 0.05) is 54.9 Å². The number of methoxy groups -OCH3 is 1. The zero-order chi connectivity index (χ0) is 41.5. The smallest absolute Gasteiger partial charge is 0.201 e. The van der Waals surface area contributed by atoms with Crippen molar-refractivity contribution < 1.29 is 40.1 Å². The summed E-state index contributed by atoms with van der Waals surface area (Å²) in [6.45, 7) is 0.344. The lowest BCUT2D eigenvalue weighted by molar-refractivity contribution is -0.154. The molecule has 3 heterocycles. The number of aliphatic hydroxyl groups is 3. The van der Waals surface area contributed by atoms with Gasteiger partial charge >= 0.3 is 0 Å². The number of aromatic hydroxyl groups is 3. The number of phenolic OH excluding ortho intramolecular Hbond substituents is 2. The van der Waals surface area contributed by atoms with Crippen LogP contribution < -0.4 is 10.1 Å². The molecule has 3 aromatic carbocycles. The predicted octanol–water partition coefficient (Wildman–Crippen LogP) is 7.58. The van der Waals surface area contributed by atoms with Gasteiger partial charge in [0.25, 0.3) is 0 Å². The number of H-pyrrole nitrogens is 1. The van der Waals surface area contributed by atoms with Gasteiger partial charge in [0.15, 0.2) is 11.5 Å². The van der Waals surface area contributed by atoms with Gasteiger partial charge in [-0.1, -0.05) is 60.7 Å². The van der Waals surface area contributed by atoms with Gasteiger partial charge in [0.1, 0.15) is 5.75 Å². The Bertz CT molecular complexity index is 2190. The van der Waals surface area contributed by atoms with E-state index in [2.05, 4.69) is 46.7 Å². The molecular formula is C50H60N2O8. The van der Waals surface area contributed by atoms with E-state index in [1.165, 1.54) is 18.2 Å². The van der Waals surface area contributed by atoms with Crippen molar-refractivity contribution >= 4 is 0 Å². The van der Waals surface area contributed by atoms with E-state index >= 15 is 0 Å². The standard InChI is InChI=1S/C50H60N2O8/c1-59-50-38(20-29-17-19-51-26-29)47(39(27-53)48(57)49(50)58)45-25-43(56)34-13-10-31(24-44(34)60-45)30-12-16-42(55)37(21-30)46-35(41(54)15-9-28-6-3-2-4-7-28)14-11-32-23-40-33(22-36(32)46)8-5-18-52-40/h2-8,12,16-17,19,21-22,26,31-32,34-36,40-41,43-46,51-58H,9-11,13-15,18,20,23-25,27H2,1H3/t31-,32+,34-,35-,36+,40+,41-,43+,44+,45+,46-/m1/s1. The van der Waals surface area contributed by atoms with E-state index in [4.69, 9.17) is 9.47 Å². The minimum atomic E-state index is -0.678. The van der Waals surface area contributed by atoms with Crippen LogP contribution in [0.4, 0.5) is 0 Å². The first-order chi connectivity index (χ1) is 29.2. The Morgan fingerprint density at radius 1 is 0.917 bits per heavy atom.